The second kappa shape index (κ2) is 9.51. The normalized spacial score (nSPS) is 15.6. The van der Waals surface area contributed by atoms with Gasteiger partial charge in [0, 0.05) is 31.1 Å². The van der Waals surface area contributed by atoms with E-state index in [9.17, 15) is 9.59 Å². The van der Waals surface area contributed by atoms with Gasteiger partial charge in [-0.1, -0.05) is 36.4 Å². The molecule has 5 heteroatoms. The van der Waals surface area contributed by atoms with E-state index in [1.54, 1.807) is 0 Å². The Bertz CT molecular complexity index is 777. The van der Waals surface area contributed by atoms with E-state index >= 15 is 0 Å². The molecule has 144 valence electrons. The van der Waals surface area contributed by atoms with Gasteiger partial charge < -0.3 is 15.0 Å². The zero-order chi connectivity index (χ0) is 19.1. The number of nitrogens with zero attached hydrogens (tertiary/aromatic N) is 1. The van der Waals surface area contributed by atoms with Crippen molar-refractivity contribution in [2.24, 2.45) is 0 Å². The fourth-order valence-electron chi connectivity index (χ4n) is 3.67. The zero-order valence-electron chi connectivity index (χ0n) is 15.9. The Kier molecular flexibility index (Phi) is 6.82. The number of amides is 1. The van der Waals surface area contributed by atoms with Crippen LogP contribution in [0.4, 0.5) is 0 Å². The van der Waals surface area contributed by atoms with E-state index in [4.69, 9.17) is 4.74 Å². The number of nitrogens with one attached hydrogen (secondary N) is 1. The molecule has 0 bridgehead atoms. The Hall–Kier alpha value is -2.40. The fraction of sp³-hybridized carbons (Fsp3) is 0.455. The molecule has 1 aliphatic rings. The van der Waals surface area contributed by atoms with Crippen LogP contribution in [-0.4, -0.2) is 49.1 Å². The van der Waals surface area contributed by atoms with Gasteiger partial charge >= 0.3 is 5.97 Å². The van der Waals surface area contributed by atoms with Crippen LogP contribution in [0.25, 0.3) is 10.8 Å². The third-order valence-electron chi connectivity index (χ3n) is 5.12. The molecule has 0 spiro atoms. The van der Waals surface area contributed by atoms with Gasteiger partial charge in [0.05, 0.1) is 6.61 Å². The van der Waals surface area contributed by atoms with Gasteiger partial charge in [-0.05, 0) is 49.6 Å². The summed E-state index contributed by atoms with van der Waals surface area (Å²) in [6, 6.07) is 14.0. The molecule has 0 atom stereocenters. The Morgan fingerprint density at radius 2 is 1.85 bits per heavy atom. The lowest BCUT2D eigenvalue weighted by Gasteiger charge is -2.32. The molecule has 1 aliphatic heterocycles. The summed E-state index contributed by atoms with van der Waals surface area (Å²) in [6.45, 7) is 5.07. The van der Waals surface area contributed by atoms with Gasteiger partial charge in [-0.15, -0.1) is 0 Å². The number of fused-ring (bicyclic) bond motifs is 1. The van der Waals surface area contributed by atoms with Crippen LogP contribution in [-0.2, 0) is 9.53 Å². The second-order valence-corrected chi connectivity index (χ2v) is 7.02. The topological polar surface area (TPSA) is 58.6 Å². The Balaban J connectivity index is 1.46. The first-order chi connectivity index (χ1) is 13.2. The third-order valence-corrected chi connectivity index (χ3v) is 5.12. The lowest BCUT2D eigenvalue weighted by molar-refractivity contribution is -0.143. The number of benzene rings is 2. The number of carbonyl (C=O) groups is 2. The van der Waals surface area contributed by atoms with Gasteiger partial charge in [-0.3, -0.25) is 9.59 Å². The van der Waals surface area contributed by atoms with E-state index in [1.165, 1.54) is 0 Å². The molecule has 27 heavy (non-hydrogen) atoms. The Morgan fingerprint density at radius 1 is 1.11 bits per heavy atom. The van der Waals surface area contributed by atoms with Crippen LogP contribution >= 0.6 is 0 Å². The highest BCUT2D eigenvalue weighted by atomic mass is 16.5. The predicted molar refractivity (Wildman–Crippen MR) is 107 cm³/mol. The van der Waals surface area contributed by atoms with Crippen LogP contribution in [0, 0.1) is 0 Å². The van der Waals surface area contributed by atoms with Crippen molar-refractivity contribution in [3.63, 3.8) is 0 Å². The van der Waals surface area contributed by atoms with Crippen molar-refractivity contribution < 1.29 is 14.3 Å². The SMILES string of the molecule is CCOC(=O)CCCN1CCC(NC(=O)c2cccc3ccccc23)CC1. The summed E-state index contributed by atoms with van der Waals surface area (Å²) in [6.07, 6.45) is 3.18. The van der Waals surface area contributed by atoms with Gasteiger partial charge in [0.2, 0.25) is 0 Å². The Morgan fingerprint density at radius 3 is 2.63 bits per heavy atom. The second-order valence-electron chi connectivity index (χ2n) is 7.02. The first-order valence-corrected chi connectivity index (χ1v) is 9.84. The summed E-state index contributed by atoms with van der Waals surface area (Å²) in [7, 11) is 0. The molecule has 1 amide bonds. The van der Waals surface area contributed by atoms with Crippen molar-refractivity contribution >= 4 is 22.6 Å². The van der Waals surface area contributed by atoms with E-state index in [2.05, 4.69) is 10.2 Å². The summed E-state index contributed by atoms with van der Waals surface area (Å²) in [5, 5.41) is 5.28. The van der Waals surface area contributed by atoms with Crippen LogP contribution in [0.3, 0.4) is 0 Å². The number of hydrogen-bond acceptors (Lipinski definition) is 4. The number of ether oxygens (including phenoxy) is 1. The maximum Gasteiger partial charge on any atom is 0.305 e. The average molecular weight is 368 g/mol. The predicted octanol–water partition coefficient (Wildman–Crippen LogP) is 3.38. The van der Waals surface area contributed by atoms with Crippen molar-refractivity contribution in [2.45, 2.75) is 38.6 Å². The monoisotopic (exact) mass is 368 g/mol. The van der Waals surface area contributed by atoms with Crippen molar-refractivity contribution in [2.75, 3.05) is 26.2 Å². The zero-order valence-corrected chi connectivity index (χ0v) is 15.9. The molecule has 2 aromatic rings. The summed E-state index contributed by atoms with van der Waals surface area (Å²) < 4.78 is 4.96. The van der Waals surface area contributed by atoms with Gasteiger partial charge in [-0.25, -0.2) is 0 Å². The van der Waals surface area contributed by atoms with E-state index in [0.29, 0.717) is 13.0 Å². The minimum Gasteiger partial charge on any atom is -0.466 e. The number of hydrogen-bond donors (Lipinski definition) is 1. The quantitative estimate of drug-likeness (QED) is 0.761. The van der Waals surface area contributed by atoms with E-state index < -0.39 is 0 Å². The highest BCUT2D eigenvalue weighted by molar-refractivity contribution is 6.07. The van der Waals surface area contributed by atoms with Crippen LogP contribution < -0.4 is 5.32 Å². The first kappa shape index (κ1) is 19.4. The highest BCUT2D eigenvalue weighted by Crippen LogP contribution is 2.19. The Labute approximate surface area is 160 Å². The van der Waals surface area contributed by atoms with E-state index in [0.717, 1.165) is 55.2 Å². The molecule has 2 aromatic carbocycles. The van der Waals surface area contributed by atoms with Gasteiger partial charge in [0.1, 0.15) is 0 Å². The van der Waals surface area contributed by atoms with Gasteiger partial charge in [-0.2, -0.15) is 0 Å². The molecule has 1 saturated heterocycles. The summed E-state index contributed by atoms with van der Waals surface area (Å²) in [4.78, 5) is 26.5. The number of rotatable bonds is 7. The highest BCUT2D eigenvalue weighted by Gasteiger charge is 2.21. The summed E-state index contributed by atoms with van der Waals surface area (Å²) in [5.74, 6) is -0.109. The molecule has 0 unspecified atom stereocenters. The molecule has 5 nitrogen and oxygen atoms in total. The molecular weight excluding hydrogens is 340 g/mol. The minimum atomic E-state index is -0.116. The molecule has 0 aliphatic carbocycles. The van der Waals surface area contributed by atoms with Crippen molar-refractivity contribution in [1.29, 1.82) is 0 Å². The fourth-order valence-corrected chi connectivity index (χ4v) is 3.67. The van der Waals surface area contributed by atoms with Crippen LogP contribution in [0.5, 0.6) is 0 Å². The van der Waals surface area contributed by atoms with Gasteiger partial charge in [0.25, 0.3) is 5.91 Å². The largest absolute Gasteiger partial charge is 0.466 e. The number of carbonyl (C=O) groups excluding carboxylic acids is 2. The average Bonchev–Trinajstić information content (AvgIpc) is 2.69. The molecule has 1 heterocycles. The first-order valence-electron chi connectivity index (χ1n) is 9.84. The maximum atomic E-state index is 12.7. The molecule has 1 fully saturated rings. The van der Waals surface area contributed by atoms with Crippen LogP contribution in [0.15, 0.2) is 42.5 Å². The van der Waals surface area contributed by atoms with Crippen molar-refractivity contribution in [1.82, 2.24) is 10.2 Å². The standard InChI is InChI=1S/C22H28N2O3/c1-2-27-21(25)11-6-14-24-15-12-18(13-16-24)23-22(26)20-10-5-8-17-7-3-4-9-19(17)20/h3-5,7-10,18H,2,6,11-16H2,1H3,(H,23,26). The molecule has 0 radical (unpaired) electrons. The summed E-state index contributed by atoms with van der Waals surface area (Å²) >= 11 is 0. The third kappa shape index (κ3) is 5.30. The molecule has 3 rings (SSSR count). The molecular formula is C22H28N2O3. The maximum absolute atomic E-state index is 12.7. The smallest absolute Gasteiger partial charge is 0.305 e. The van der Waals surface area contributed by atoms with Crippen LogP contribution in [0.2, 0.25) is 0 Å². The van der Waals surface area contributed by atoms with Crippen molar-refractivity contribution in [3.05, 3.63) is 48.0 Å². The van der Waals surface area contributed by atoms with Gasteiger partial charge in [0.15, 0.2) is 0 Å². The summed E-state index contributed by atoms with van der Waals surface area (Å²) in [5.41, 5.74) is 0.741. The number of piperidine rings is 1. The molecule has 0 saturated carbocycles. The number of esters is 1. The minimum absolute atomic E-state index is 0.00700. The molecule has 1 N–H and O–H groups in total. The number of likely N-dealkylation sites (tertiary alicyclic amines) is 1. The van der Waals surface area contributed by atoms with Crippen LogP contribution in [0.1, 0.15) is 43.0 Å². The van der Waals surface area contributed by atoms with E-state index in [1.807, 2.05) is 49.4 Å². The lowest BCUT2D eigenvalue weighted by Crippen LogP contribution is -2.44. The van der Waals surface area contributed by atoms with Crippen molar-refractivity contribution in [3.8, 4) is 0 Å². The lowest BCUT2D eigenvalue weighted by atomic mass is 10.0. The van der Waals surface area contributed by atoms with E-state index in [-0.39, 0.29) is 17.9 Å². The molecule has 0 aromatic heterocycles.